The molecule has 0 saturated heterocycles. The van der Waals surface area contributed by atoms with Crippen molar-refractivity contribution in [1.29, 1.82) is 5.26 Å². The Morgan fingerprint density at radius 1 is 1.41 bits per heavy atom. The first kappa shape index (κ1) is 16.3. The van der Waals surface area contributed by atoms with Gasteiger partial charge in [-0.15, -0.1) is 0 Å². The number of aryl methyl sites for hydroxylation is 1. The van der Waals surface area contributed by atoms with Gasteiger partial charge in [-0.2, -0.15) is 5.26 Å². The molecule has 1 aromatic carbocycles. The molecule has 114 valence electrons. The van der Waals surface area contributed by atoms with Crippen molar-refractivity contribution in [2.45, 2.75) is 31.5 Å². The third-order valence-electron chi connectivity index (χ3n) is 3.29. The SMILES string of the molecule is CCC(N)CSc1nc(-c2ccc(C)cc2)c(C#N)c(=O)[nH]1. The predicted octanol–water partition coefficient (Wildman–Crippen LogP) is 2.45. The molecule has 1 heterocycles. The summed E-state index contributed by atoms with van der Waals surface area (Å²) in [6.07, 6.45) is 0.859. The molecular weight excluding hydrogens is 296 g/mol. The van der Waals surface area contributed by atoms with E-state index in [9.17, 15) is 10.1 Å². The summed E-state index contributed by atoms with van der Waals surface area (Å²) in [5, 5.41) is 9.71. The Bertz CT molecular complexity index is 746. The van der Waals surface area contributed by atoms with Crippen molar-refractivity contribution in [3.05, 3.63) is 45.7 Å². The number of benzene rings is 1. The molecule has 0 bridgehead atoms. The number of thioether (sulfide) groups is 1. The fourth-order valence-corrected chi connectivity index (χ4v) is 2.78. The maximum atomic E-state index is 12.1. The number of nitrogens with one attached hydrogen (secondary N) is 1. The fourth-order valence-electron chi connectivity index (χ4n) is 1.85. The number of hydrogen-bond donors (Lipinski definition) is 2. The molecule has 2 aromatic rings. The normalized spacial score (nSPS) is 11.9. The van der Waals surface area contributed by atoms with Gasteiger partial charge in [-0.1, -0.05) is 48.5 Å². The number of rotatable bonds is 5. The van der Waals surface area contributed by atoms with Crippen LogP contribution >= 0.6 is 11.8 Å². The van der Waals surface area contributed by atoms with E-state index in [0.717, 1.165) is 17.5 Å². The predicted molar refractivity (Wildman–Crippen MR) is 88.7 cm³/mol. The van der Waals surface area contributed by atoms with E-state index in [-0.39, 0.29) is 11.6 Å². The van der Waals surface area contributed by atoms with Gasteiger partial charge in [0.1, 0.15) is 11.6 Å². The first-order valence-electron chi connectivity index (χ1n) is 7.05. The lowest BCUT2D eigenvalue weighted by atomic mass is 10.1. The summed E-state index contributed by atoms with van der Waals surface area (Å²) in [7, 11) is 0. The van der Waals surface area contributed by atoms with Crippen LogP contribution in [0.3, 0.4) is 0 Å². The minimum absolute atomic E-state index is 0.0352. The number of aromatic amines is 1. The molecule has 1 aromatic heterocycles. The highest BCUT2D eigenvalue weighted by molar-refractivity contribution is 7.99. The van der Waals surface area contributed by atoms with E-state index < -0.39 is 5.56 Å². The summed E-state index contributed by atoms with van der Waals surface area (Å²) in [4.78, 5) is 19.2. The number of nitrogens with zero attached hydrogens (tertiary/aromatic N) is 2. The molecule has 5 nitrogen and oxygen atoms in total. The zero-order valence-corrected chi connectivity index (χ0v) is 13.4. The summed E-state index contributed by atoms with van der Waals surface area (Å²) in [5.41, 5.74) is 7.79. The molecule has 0 radical (unpaired) electrons. The standard InChI is InChI=1S/C16H18N4OS/c1-3-12(18)9-22-16-19-14(13(8-17)15(21)20-16)11-6-4-10(2)5-7-11/h4-7,12H,3,9,18H2,1-2H3,(H,19,20,21). The summed E-state index contributed by atoms with van der Waals surface area (Å²) >= 11 is 1.40. The second kappa shape index (κ2) is 7.25. The van der Waals surface area contributed by atoms with Crippen molar-refractivity contribution in [3.8, 4) is 17.3 Å². The Labute approximate surface area is 133 Å². The third kappa shape index (κ3) is 3.75. The molecule has 0 amide bonds. The van der Waals surface area contributed by atoms with Crippen LogP contribution in [0.1, 0.15) is 24.5 Å². The molecule has 3 N–H and O–H groups in total. The number of H-pyrrole nitrogens is 1. The molecule has 0 spiro atoms. The summed E-state index contributed by atoms with van der Waals surface area (Å²) in [6.45, 7) is 3.99. The lowest BCUT2D eigenvalue weighted by Gasteiger charge is -2.09. The first-order valence-corrected chi connectivity index (χ1v) is 8.03. The topological polar surface area (TPSA) is 95.6 Å². The molecule has 0 fully saturated rings. The van der Waals surface area contributed by atoms with Crippen molar-refractivity contribution >= 4 is 11.8 Å². The maximum absolute atomic E-state index is 12.1. The van der Waals surface area contributed by atoms with E-state index >= 15 is 0 Å². The second-order valence-electron chi connectivity index (χ2n) is 5.05. The van der Waals surface area contributed by atoms with Gasteiger partial charge in [-0.25, -0.2) is 4.98 Å². The molecule has 1 atom stereocenters. The second-order valence-corrected chi connectivity index (χ2v) is 6.06. The minimum Gasteiger partial charge on any atom is -0.327 e. The van der Waals surface area contributed by atoms with Crippen molar-refractivity contribution in [1.82, 2.24) is 9.97 Å². The van der Waals surface area contributed by atoms with E-state index in [2.05, 4.69) is 9.97 Å². The van der Waals surface area contributed by atoms with Crippen LogP contribution in [-0.2, 0) is 0 Å². The average Bonchev–Trinajstić information content (AvgIpc) is 2.52. The van der Waals surface area contributed by atoms with E-state index in [0.29, 0.717) is 16.6 Å². The maximum Gasteiger partial charge on any atom is 0.270 e. The number of hydrogen-bond acceptors (Lipinski definition) is 5. The van der Waals surface area contributed by atoms with Crippen LogP contribution in [0.15, 0.2) is 34.2 Å². The Balaban J connectivity index is 2.43. The number of nitriles is 1. The van der Waals surface area contributed by atoms with Gasteiger partial charge in [0.15, 0.2) is 5.16 Å². The van der Waals surface area contributed by atoms with Crippen LogP contribution < -0.4 is 11.3 Å². The van der Waals surface area contributed by atoms with E-state index in [1.54, 1.807) is 0 Å². The van der Waals surface area contributed by atoms with Gasteiger partial charge in [0.25, 0.3) is 5.56 Å². The summed E-state index contributed by atoms with van der Waals surface area (Å²) in [5.74, 6) is 0.665. The van der Waals surface area contributed by atoms with Crippen LogP contribution in [0, 0.1) is 18.3 Å². The molecule has 22 heavy (non-hydrogen) atoms. The van der Waals surface area contributed by atoms with Gasteiger partial charge in [0.05, 0.1) is 5.69 Å². The molecule has 0 aliphatic rings. The van der Waals surface area contributed by atoms with Gasteiger partial charge in [0, 0.05) is 17.4 Å². The highest BCUT2D eigenvalue weighted by atomic mass is 32.2. The van der Waals surface area contributed by atoms with Crippen LogP contribution in [-0.4, -0.2) is 21.8 Å². The molecular formula is C16H18N4OS. The quantitative estimate of drug-likeness (QED) is 0.653. The number of nitrogens with two attached hydrogens (primary N) is 1. The van der Waals surface area contributed by atoms with Crippen molar-refractivity contribution in [2.24, 2.45) is 5.73 Å². The van der Waals surface area contributed by atoms with Gasteiger partial charge in [0.2, 0.25) is 0 Å². The van der Waals surface area contributed by atoms with Crippen LogP contribution in [0.5, 0.6) is 0 Å². The van der Waals surface area contributed by atoms with Gasteiger partial charge >= 0.3 is 0 Å². The van der Waals surface area contributed by atoms with Crippen molar-refractivity contribution in [2.75, 3.05) is 5.75 Å². The molecule has 2 rings (SSSR count). The van der Waals surface area contributed by atoms with Gasteiger partial charge in [-0.05, 0) is 13.3 Å². The lowest BCUT2D eigenvalue weighted by Crippen LogP contribution is -2.22. The zero-order chi connectivity index (χ0) is 16.1. The van der Waals surface area contributed by atoms with Crippen molar-refractivity contribution < 1.29 is 0 Å². The Morgan fingerprint density at radius 2 is 2.09 bits per heavy atom. The Kier molecular flexibility index (Phi) is 5.36. The van der Waals surface area contributed by atoms with E-state index in [1.165, 1.54) is 11.8 Å². The Hall–Kier alpha value is -2.10. The smallest absolute Gasteiger partial charge is 0.270 e. The van der Waals surface area contributed by atoms with Gasteiger partial charge < -0.3 is 10.7 Å². The highest BCUT2D eigenvalue weighted by Gasteiger charge is 2.14. The van der Waals surface area contributed by atoms with Crippen LogP contribution in [0.4, 0.5) is 0 Å². The number of aromatic nitrogens is 2. The minimum atomic E-state index is -0.416. The fraction of sp³-hybridized carbons (Fsp3) is 0.312. The average molecular weight is 314 g/mol. The van der Waals surface area contributed by atoms with Crippen LogP contribution in [0.25, 0.3) is 11.3 Å². The van der Waals surface area contributed by atoms with E-state index in [1.807, 2.05) is 44.2 Å². The highest BCUT2D eigenvalue weighted by Crippen LogP contribution is 2.22. The third-order valence-corrected chi connectivity index (χ3v) is 4.35. The van der Waals surface area contributed by atoms with Crippen LogP contribution in [0.2, 0.25) is 0 Å². The van der Waals surface area contributed by atoms with E-state index in [4.69, 9.17) is 5.73 Å². The largest absolute Gasteiger partial charge is 0.327 e. The van der Waals surface area contributed by atoms with Crippen molar-refractivity contribution in [3.63, 3.8) is 0 Å². The lowest BCUT2D eigenvalue weighted by molar-refractivity contribution is 0.723. The van der Waals surface area contributed by atoms with Gasteiger partial charge in [-0.3, -0.25) is 4.79 Å². The monoisotopic (exact) mass is 314 g/mol. The molecule has 6 heteroatoms. The first-order chi connectivity index (χ1) is 10.5. The molecule has 1 unspecified atom stereocenters. The summed E-state index contributed by atoms with van der Waals surface area (Å²) in [6, 6.07) is 9.58. The molecule has 0 aliphatic heterocycles. The molecule has 0 saturated carbocycles. The zero-order valence-electron chi connectivity index (χ0n) is 12.6. The Morgan fingerprint density at radius 3 is 2.68 bits per heavy atom. The summed E-state index contributed by atoms with van der Waals surface area (Å²) < 4.78 is 0. The molecule has 0 aliphatic carbocycles.